The highest BCUT2D eigenvalue weighted by Gasteiger charge is 2.21. The van der Waals surface area contributed by atoms with Gasteiger partial charge in [-0.25, -0.2) is 4.79 Å². The van der Waals surface area contributed by atoms with Crippen LogP contribution in [0, 0.1) is 0 Å². The monoisotopic (exact) mass is 361 g/mol. The standard InChI is InChI=1S/C22H23N3O2/c26-21-15-18-7-5-4-6-17(18)14-19(21)16-24-10-12-25(13-11-24)22(27)23-20-8-2-1-3-9-20/h1-9,14-15,26H,10-13,16H2,(H,23,27). The number of phenols is 1. The van der Waals surface area contributed by atoms with Crippen LogP contribution in [0.2, 0.25) is 0 Å². The lowest BCUT2D eigenvalue weighted by molar-refractivity contribution is 0.142. The Hall–Kier alpha value is -3.05. The van der Waals surface area contributed by atoms with E-state index in [0.717, 1.165) is 35.1 Å². The number of carbonyl (C=O) groups is 1. The number of nitrogens with zero attached hydrogens (tertiary/aromatic N) is 2. The normalized spacial score (nSPS) is 15.0. The maximum Gasteiger partial charge on any atom is 0.321 e. The quantitative estimate of drug-likeness (QED) is 0.744. The number of aromatic hydroxyl groups is 1. The fraction of sp³-hybridized carbons (Fsp3) is 0.227. The van der Waals surface area contributed by atoms with E-state index in [2.05, 4.69) is 22.3 Å². The Morgan fingerprint density at radius 2 is 1.52 bits per heavy atom. The first-order chi connectivity index (χ1) is 13.2. The first-order valence-corrected chi connectivity index (χ1v) is 9.23. The molecular formula is C22H23N3O2. The summed E-state index contributed by atoms with van der Waals surface area (Å²) in [5.74, 6) is 0.331. The van der Waals surface area contributed by atoms with Crippen LogP contribution < -0.4 is 5.32 Å². The van der Waals surface area contributed by atoms with Gasteiger partial charge in [0.1, 0.15) is 5.75 Å². The molecule has 0 atom stereocenters. The lowest BCUT2D eigenvalue weighted by Gasteiger charge is -2.34. The Kier molecular flexibility index (Phi) is 4.94. The van der Waals surface area contributed by atoms with Gasteiger partial charge in [0.25, 0.3) is 0 Å². The van der Waals surface area contributed by atoms with E-state index in [9.17, 15) is 9.90 Å². The van der Waals surface area contributed by atoms with Gasteiger partial charge in [-0.05, 0) is 35.0 Å². The minimum Gasteiger partial charge on any atom is -0.508 e. The van der Waals surface area contributed by atoms with Crippen LogP contribution in [0.1, 0.15) is 5.56 Å². The topological polar surface area (TPSA) is 55.8 Å². The number of nitrogens with one attached hydrogen (secondary N) is 1. The molecule has 0 spiro atoms. The number of piperazine rings is 1. The van der Waals surface area contributed by atoms with Gasteiger partial charge in [-0.1, -0.05) is 42.5 Å². The highest BCUT2D eigenvalue weighted by atomic mass is 16.3. The third-order valence-corrected chi connectivity index (χ3v) is 5.03. The van der Waals surface area contributed by atoms with E-state index in [1.165, 1.54) is 0 Å². The van der Waals surface area contributed by atoms with Crippen molar-refractivity contribution in [3.05, 3.63) is 72.3 Å². The molecule has 2 N–H and O–H groups in total. The van der Waals surface area contributed by atoms with Crippen molar-refractivity contribution in [3.63, 3.8) is 0 Å². The summed E-state index contributed by atoms with van der Waals surface area (Å²) < 4.78 is 0. The number of amides is 2. The molecule has 0 bridgehead atoms. The zero-order valence-corrected chi connectivity index (χ0v) is 15.1. The van der Waals surface area contributed by atoms with Crippen LogP contribution in [0.3, 0.4) is 0 Å². The fourth-order valence-electron chi connectivity index (χ4n) is 3.48. The molecular weight excluding hydrogens is 338 g/mol. The maximum absolute atomic E-state index is 12.4. The van der Waals surface area contributed by atoms with Crippen molar-refractivity contribution < 1.29 is 9.90 Å². The molecule has 5 nitrogen and oxygen atoms in total. The third-order valence-electron chi connectivity index (χ3n) is 5.03. The van der Waals surface area contributed by atoms with Gasteiger partial charge in [-0.3, -0.25) is 4.90 Å². The van der Waals surface area contributed by atoms with Gasteiger partial charge in [-0.2, -0.15) is 0 Å². The minimum atomic E-state index is -0.0607. The molecule has 1 fully saturated rings. The second kappa shape index (κ2) is 7.68. The van der Waals surface area contributed by atoms with Gasteiger partial charge in [-0.15, -0.1) is 0 Å². The molecule has 0 radical (unpaired) electrons. The van der Waals surface area contributed by atoms with E-state index < -0.39 is 0 Å². The third kappa shape index (κ3) is 4.04. The van der Waals surface area contributed by atoms with Crippen molar-refractivity contribution in [1.82, 2.24) is 9.80 Å². The largest absolute Gasteiger partial charge is 0.508 e. The van der Waals surface area contributed by atoms with E-state index in [0.29, 0.717) is 25.4 Å². The predicted octanol–water partition coefficient (Wildman–Crippen LogP) is 3.90. The highest BCUT2D eigenvalue weighted by molar-refractivity contribution is 5.89. The molecule has 1 aliphatic rings. The van der Waals surface area contributed by atoms with Crippen LogP contribution in [-0.2, 0) is 6.54 Å². The molecule has 1 saturated heterocycles. The molecule has 1 aliphatic heterocycles. The number of rotatable bonds is 3. The first kappa shape index (κ1) is 17.4. The zero-order chi connectivity index (χ0) is 18.6. The van der Waals surface area contributed by atoms with E-state index >= 15 is 0 Å². The smallest absolute Gasteiger partial charge is 0.321 e. The van der Waals surface area contributed by atoms with Crippen LogP contribution >= 0.6 is 0 Å². The Morgan fingerprint density at radius 1 is 0.889 bits per heavy atom. The van der Waals surface area contributed by atoms with Gasteiger partial charge in [0.2, 0.25) is 0 Å². The van der Waals surface area contributed by atoms with Crippen molar-refractivity contribution in [1.29, 1.82) is 0 Å². The number of hydrogen-bond donors (Lipinski definition) is 2. The lowest BCUT2D eigenvalue weighted by Crippen LogP contribution is -2.49. The molecule has 2 amide bonds. The van der Waals surface area contributed by atoms with Gasteiger partial charge in [0.15, 0.2) is 0 Å². The molecule has 0 aromatic heterocycles. The minimum absolute atomic E-state index is 0.0607. The Morgan fingerprint density at radius 3 is 2.22 bits per heavy atom. The maximum atomic E-state index is 12.4. The van der Waals surface area contributed by atoms with Gasteiger partial charge >= 0.3 is 6.03 Å². The molecule has 3 aromatic rings. The van der Waals surface area contributed by atoms with Crippen LogP contribution in [0.5, 0.6) is 5.75 Å². The van der Waals surface area contributed by atoms with Crippen molar-refractivity contribution >= 4 is 22.5 Å². The Balaban J connectivity index is 1.35. The number of hydrogen-bond acceptors (Lipinski definition) is 3. The zero-order valence-electron chi connectivity index (χ0n) is 15.1. The highest BCUT2D eigenvalue weighted by Crippen LogP contribution is 2.26. The summed E-state index contributed by atoms with van der Waals surface area (Å²) in [7, 11) is 0. The summed E-state index contributed by atoms with van der Waals surface area (Å²) in [5.41, 5.74) is 1.74. The molecule has 0 aliphatic carbocycles. The van der Waals surface area contributed by atoms with Crippen molar-refractivity contribution in [2.24, 2.45) is 0 Å². The lowest BCUT2D eigenvalue weighted by atomic mass is 10.1. The van der Waals surface area contributed by atoms with Crippen LogP contribution in [0.15, 0.2) is 66.7 Å². The van der Waals surface area contributed by atoms with E-state index in [4.69, 9.17) is 0 Å². The second-order valence-electron chi connectivity index (χ2n) is 6.89. The van der Waals surface area contributed by atoms with E-state index in [1.807, 2.05) is 59.5 Å². The van der Waals surface area contributed by atoms with Gasteiger partial charge < -0.3 is 15.3 Å². The molecule has 1 heterocycles. The second-order valence-corrected chi connectivity index (χ2v) is 6.89. The molecule has 138 valence electrons. The Bertz CT molecular complexity index is 935. The van der Waals surface area contributed by atoms with Crippen molar-refractivity contribution in [2.75, 3.05) is 31.5 Å². The molecule has 4 rings (SSSR count). The first-order valence-electron chi connectivity index (χ1n) is 9.23. The molecule has 27 heavy (non-hydrogen) atoms. The average Bonchev–Trinajstić information content (AvgIpc) is 2.70. The van der Waals surface area contributed by atoms with Crippen LogP contribution in [-0.4, -0.2) is 47.1 Å². The predicted molar refractivity (Wildman–Crippen MR) is 108 cm³/mol. The summed E-state index contributed by atoms with van der Waals surface area (Å²) in [4.78, 5) is 16.5. The number of benzene rings is 3. The SMILES string of the molecule is O=C(Nc1ccccc1)N1CCN(Cc2cc3ccccc3cc2O)CC1. The number of fused-ring (bicyclic) bond motifs is 1. The number of para-hydroxylation sites is 1. The van der Waals surface area contributed by atoms with Crippen molar-refractivity contribution in [3.8, 4) is 5.75 Å². The summed E-state index contributed by atoms with van der Waals surface area (Å²) in [5, 5.41) is 15.4. The van der Waals surface area contributed by atoms with E-state index in [1.54, 1.807) is 0 Å². The fourth-order valence-corrected chi connectivity index (χ4v) is 3.48. The number of urea groups is 1. The van der Waals surface area contributed by atoms with Crippen molar-refractivity contribution in [2.45, 2.75) is 6.54 Å². The van der Waals surface area contributed by atoms with Crippen LogP contribution in [0.4, 0.5) is 10.5 Å². The average molecular weight is 361 g/mol. The number of carbonyl (C=O) groups excluding carboxylic acids is 1. The summed E-state index contributed by atoms with van der Waals surface area (Å²) in [6.45, 7) is 3.60. The molecule has 3 aromatic carbocycles. The number of phenolic OH excluding ortho intramolecular Hbond substituents is 1. The van der Waals surface area contributed by atoms with Gasteiger partial charge in [0, 0.05) is 44.0 Å². The molecule has 0 saturated carbocycles. The summed E-state index contributed by atoms with van der Waals surface area (Å²) >= 11 is 0. The Labute approximate surface area is 158 Å². The summed E-state index contributed by atoms with van der Waals surface area (Å²) in [6, 6.07) is 21.4. The van der Waals surface area contributed by atoms with Gasteiger partial charge in [0.05, 0.1) is 0 Å². The number of anilines is 1. The summed E-state index contributed by atoms with van der Waals surface area (Å²) in [6.07, 6.45) is 0. The van der Waals surface area contributed by atoms with Crippen LogP contribution in [0.25, 0.3) is 10.8 Å². The molecule has 5 heteroatoms. The molecule has 0 unspecified atom stereocenters. The van der Waals surface area contributed by atoms with E-state index in [-0.39, 0.29) is 6.03 Å².